The molecule has 60 valence electrons. The van der Waals surface area contributed by atoms with Crippen molar-refractivity contribution >= 4 is 0 Å². The maximum Gasteiger partial charge on any atom is 0.392 e. The first kappa shape index (κ1) is 7.81. The molecule has 1 aliphatic carbocycles. The molecule has 0 amide bonds. The third-order valence-corrected chi connectivity index (χ3v) is 1.75. The van der Waals surface area contributed by atoms with E-state index in [1.807, 2.05) is 0 Å². The molecule has 0 radical (unpaired) electrons. The molecule has 0 heterocycles. The summed E-state index contributed by atoms with van der Waals surface area (Å²) in [6, 6.07) is 0. The van der Waals surface area contributed by atoms with Gasteiger partial charge in [0.15, 0.2) is 0 Å². The number of rotatable bonds is 1. The second kappa shape index (κ2) is 2.39. The fourth-order valence-electron chi connectivity index (χ4n) is 0.944. The van der Waals surface area contributed by atoms with E-state index >= 15 is 0 Å². The van der Waals surface area contributed by atoms with Crippen LogP contribution in [0.3, 0.4) is 0 Å². The lowest BCUT2D eigenvalue weighted by molar-refractivity contribution is -0.220. The van der Waals surface area contributed by atoms with Crippen LogP contribution in [-0.2, 0) is 4.84 Å². The number of hydrogen-bond acceptors (Lipinski definition) is 2. The lowest BCUT2D eigenvalue weighted by atomic mass is 9.82. The molecule has 1 rings (SSSR count). The van der Waals surface area contributed by atoms with E-state index in [-0.39, 0.29) is 18.9 Å². The van der Waals surface area contributed by atoms with Crippen molar-refractivity contribution < 1.29 is 18.0 Å². The molecule has 0 spiro atoms. The SMILES string of the molecule is NOC1CC(C(F)(F)F)C1. The van der Waals surface area contributed by atoms with E-state index in [0.717, 1.165) is 0 Å². The molecule has 0 aromatic rings. The maximum absolute atomic E-state index is 11.7. The predicted molar refractivity (Wildman–Crippen MR) is 27.8 cm³/mol. The van der Waals surface area contributed by atoms with Gasteiger partial charge >= 0.3 is 6.18 Å². The second-order valence-corrected chi connectivity index (χ2v) is 2.47. The molecule has 1 saturated carbocycles. The summed E-state index contributed by atoms with van der Waals surface area (Å²) >= 11 is 0. The Balaban J connectivity index is 2.26. The van der Waals surface area contributed by atoms with Crippen molar-refractivity contribution in [3.63, 3.8) is 0 Å². The van der Waals surface area contributed by atoms with E-state index in [1.54, 1.807) is 0 Å². The Kier molecular flexibility index (Phi) is 1.87. The van der Waals surface area contributed by atoms with E-state index < -0.39 is 12.1 Å². The van der Waals surface area contributed by atoms with E-state index in [0.29, 0.717) is 0 Å². The van der Waals surface area contributed by atoms with Crippen molar-refractivity contribution in [3.05, 3.63) is 0 Å². The van der Waals surface area contributed by atoms with Crippen LogP contribution in [-0.4, -0.2) is 12.3 Å². The van der Waals surface area contributed by atoms with Gasteiger partial charge in [0.1, 0.15) is 0 Å². The van der Waals surface area contributed by atoms with Gasteiger partial charge in [-0.15, -0.1) is 0 Å². The molecule has 0 aromatic carbocycles. The van der Waals surface area contributed by atoms with Crippen LogP contribution in [0.15, 0.2) is 0 Å². The van der Waals surface area contributed by atoms with Crippen LogP contribution in [0.4, 0.5) is 13.2 Å². The lowest BCUT2D eigenvalue weighted by Gasteiger charge is -2.34. The summed E-state index contributed by atoms with van der Waals surface area (Å²) in [4.78, 5) is 4.21. The maximum atomic E-state index is 11.7. The van der Waals surface area contributed by atoms with Gasteiger partial charge in [-0.05, 0) is 12.8 Å². The van der Waals surface area contributed by atoms with Crippen LogP contribution in [0.2, 0.25) is 0 Å². The smallest absolute Gasteiger partial charge is 0.301 e. The third-order valence-electron chi connectivity index (χ3n) is 1.75. The van der Waals surface area contributed by atoms with E-state index in [4.69, 9.17) is 0 Å². The first-order valence-electron chi connectivity index (χ1n) is 2.96. The Morgan fingerprint density at radius 1 is 1.30 bits per heavy atom. The molecule has 0 saturated heterocycles. The zero-order chi connectivity index (χ0) is 7.78. The van der Waals surface area contributed by atoms with Gasteiger partial charge in [0, 0.05) is 0 Å². The quantitative estimate of drug-likeness (QED) is 0.578. The van der Waals surface area contributed by atoms with Gasteiger partial charge in [-0.2, -0.15) is 13.2 Å². The van der Waals surface area contributed by atoms with E-state index in [1.165, 1.54) is 0 Å². The molecule has 10 heavy (non-hydrogen) atoms. The highest BCUT2D eigenvalue weighted by Crippen LogP contribution is 2.41. The first-order valence-corrected chi connectivity index (χ1v) is 2.96. The Bertz CT molecular complexity index is 119. The Labute approximate surface area is 56.1 Å². The molecule has 5 heteroatoms. The van der Waals surface area contributed by atoms with Gasteiger partial charge in [0.25, 0.3) is 0 Å². The monoisotopic (exact) mass is 155 g/mol. The average Bonchev–Trinajstić information content (AvgIpc) is 1.57. The summed E-state index contributed by atoms with van der Waals surface area (Å²) in [7, 11) is 0. The molecule has 2 N–H and O–H groups in total. The number of hydrogen-bond donors (Lipinski definition) is 1. The lowest BCUT2D eigenvalue weighted by Crippen LogP contribution is -2.41. The van der Waals surface area contributed by atoms with Crippen molar-refractivity contribution in [2.75, 3.05) is 0 Å². The molecule has 0 unspecified atom stereocenters. The zero-order valence-electron chi connectivity index (χ0n) is 5.19. The molecule has 0 atom stereocenters. The molecule has 0 bridgehead atoms. The first-order chi connectivity index (χ1) is 4.54. The third kappa shape index (κ3) is 1.41. The highest BCUT2D eigenvalue weighted by Gasteiger charge is 2.48. The van der Waals surface area contributed by atoms with Gasteiger partial charge in [0.2, 0.25) is 0 Å². The molecule has 1 aliphatic rings. The summed E-state index contributed by atoms with van der Waals surface area (Å²) in [5, 5.41) is 0. The Morgan fingerprint density at radius 3 is 2.10 bits per heavy atom. The van der Waals surface area contributed by atoms with Crippen molar-refractivity contribution in [1.82, 2.24) is 0 Å². The fraction of sp³-hybridized carbons (Fsp3) is 1.00. The molecule has 0 aliphatic heterocycles. The minimum atomic E-state index is -4.06. The van der Waals surface area contributed by atoms with Crippen molar-refractivity contribution in [2.45, 2.75) is 25.1 Å². The van der Waals surface area contributed by atoms with Crippen LogP contribution in [0, 0.1) is 5.92 Å². The molecule has 1 fully saturated rings. The minimum absolute atomic E-state index is 0.0139. The molecule has 2 nitrogen and oxygen atoms in total. The highest BCUT2D eigenvalue weighted by molar-refractivity contribution is 4.84. The second-order valence-electron chi connectivity index (χ2n) is 2.47. The van der Waals surface area contributed by atoms with Crippen molar-refractivity contribution in [3.8, 4) is 0 Å². The van der Waals surface area contributed by atoms with Gasteiger partial charge in [-0.25, -0.2) is 5.90 Å². The standard InChI is InChI=1S/C5H8F3NO/c6-5(7,8)3-1-4(2-3)10-9/h3-4H,1-2,9H2. The van der Waals surface area contributed by atoms with Crippen LogP contribution < -0.4 is 5.90 Å². The van der Waals surface area contributed by atoms with Gasteiger partial charge < -0.3 is 4.84 Å². The van der Waals surface area contributed by atoms with Crippen LogP contribution in [0.1, 0.15) is 12.8 Å². The van der Waals surface area contributed by atoms with Crippen LogP contribution in [0.25, 0.3) is 0 Å². The normalized spacial score (nSPS) is 33.6. The van der Waals surface area contributed by atoms with Crippen LogP contribution >= 0.6 is 0 Å². The number of halogens is 3. The predicted octanol–water partition coefficient (Wildman–Crippen LogP) is 1.22. The summed E-state index contributed by atoms with van der Waals surface area (Å²) in [6.45, 7) is 0. The number of alkyl halides is 3. The van der Waals surface area contributed by atoms with E-state index in [9.17, 15) is 13.2 Å². The van der Waals surface area contributed by atoms with E-state index in [2.05, 4.69) is 10.7 Å². The van der Waals surface area contributed by atoms with Crippen molar-refractivity contribution in [2.24, 2.45) is 11.8 Å². The summed E-state index contributed by atoms with van der Waals surface area (Å²) in [6.07, 6.45) is -4.42. The topological polar surface area (TPSA) is 35.2 Å². The largest absolute Gasteiger partial charge is 0.392 e. The Morgan fingerprint density at radius 2 is 1.80 bits per heavy atom. The molecule has 0 aromatic heterocycles. The summed E-state index contributed by atoms with van der Waals surface area (Å²) in [5.74, 6) is 3.48. The number of nitrogens with two attached hydrogens (primary N) is 1. The molecular weight excluding hydrogens is 147 g/mol. The molecular formula is C5H8F3NO. The van der Waals surface area contributed by atoms with Crippen molar-refractivity contribution in [1.29, 1.82) is 0 Å². The van der Waals surface area contributed by atoms with Gasteiger partial charge in [-0.3, -0.25) is 0 Å². The fourth-order valence-corrected chi connectivity index (χ4v) is 0.944. The highest BCUT2D eigenvalue weighted by atomic mass is 19.4. The van der Waals surface area contributed by atoms with Crippen LogP contribution in [0.5, 0.6) is 0 Å². The van der Waals surface area contributed by atoms with Gasteiger partial charge in [0.05, 0.1) is 12.0 Å². The summed E-state index contributed by atoms with van der Waals surface area (Å²) in [5.41, 5.74) is 0. The zero-order valence-corrected chi connectivity index (χ0v) is 5.19. The Hall–Kier alpha value is -0.290. The summed E-state index contributed by atoms with van der Waals surface area (Å²) < 4.78 is 35.1. The minimum Gasteiger partial charge on any atom is -0.301 e. The average molecular weight is 155 g/mol. The van der Waals surface area contributed by atoms with Gasteiger partial charge in [-0.1, -0.05) is 0 Å².